The summed E-state index contributed by atoms with van der Waals surface area (Å²) in [5.41, 5.74) is 10.4. The first-order valence-electron chi connectivity index (χ1n) is 16.3. The lowest BCUT2D eigenvalue weighted by molar-refractivity contribution is 1.20. The van der Waals surface area contributed by atoms with Crippen molar-refractivity contribution in [2.45, 2.75) is 13.1 Å². The second-order valence-corrected chi connectivity index (χ2v) is 17.3. The van der Waals surface area contributed by atoms with Gasteiger partial charge in [-0.05, 0) is 66.3 Å². The molecule has 7 aromatic carbocycles. The van der Waals surface area contributed by atoms with E-state index in [-0.39, 0.29) is 0 Å². The van der Waals surface area contributed by atoms with E-state index in [9.17, 15) is 0 Å². The fourth-order valence-electron chi connectivity index (χ4n) is 7.52. The van der Waals surface area contributed by atoms with Crippen LogP contribution >= 0.6 is 0 Å². The van der Waals surface area contributed by atoms with E-state index in [1.165, 1.54) is 59.7 Å². The molecular formula is C44H32N2Si. The smallest absolute Gasteiger partial charge is 0.160 e. The van der Waals surface area contributed by atoms with Gasteiger partial charge in [0.2, 0.25) is 0 Å². The number of aromatic nitrogens is 2. The molecule has 8 aromatic rings. The van der Waals surface area contributed by atoms with Crippen molar-refractivity contribution < 1.29 is 0 Å². The van der Waals surface area contributed by atoms with Crippen LogP contribution in [0, 0.1) is 0 Å². The van der Waals surface area contributed by atoms with Gasteiger partial charge >= 0.3 is 0 Å². The zero-order chi connectivity index (χ0) is 31.5. The second kappa shape index (κ2) is 10.7. The number of fused-ring (bicyclic) bond motifs is 6. The Bertz CT molecular complexity index is 2490. The van der Waals surface area contributed by atoms with Crippen molar-refractivity contribution in [1.82, 2.24) is 9.97 Å². The first-order chi connectivity index (χ1) is 23.1. The first kappa shape index (κ1) is 27.6. The highest BCUT2D eigenvalue weighted by Gasteiger charge is 2.42. The summed E-state index contributed by atoms with van der Waals surface area (Å²) in [6, 6.07) is 56.7. The Morgan fingerprint density at radius 3 is 1.72 bits per heavy atom. The molecule has 0 spiro atoms. The first-order valence-corrected chi connectivity index (χ1v) is 19.3. The fraction of sp³-hybridized carbons (Fsp3) is 0.0455. The molecule has 0 saturated carbocycles. The van der Waals surface area contributed by atoms with Crippen LogP contribution in [0.1, 0.15) is 0 Å². The zero-order valence-electron chi connectivity index (χ0n) is 26.4. The van der Waals surface area contributed by atoms with E-state index in [4.69, 9.17) is 9.97 Å². The van der Waals surface area contributed by atoms with E-state index in [0.717, 1.165) is 28.3 Å². The fourth-order valence-corrected chi connectivity index (χ4v) is 10.7. The average Bonchev–Trinajstić information content (AvgIpc) is 3.37. The molecule has 0 bridgehead atoms. The highest BCUT2D eigenvalue weighted by atomic mass is 28.3. The monoisotopic (exact) mass is 616 g/mol. The molecule has 9 rings (SSSR count). The predicted molar refractivity (Wildman–Crippen MR) is 201 cm³/mol. The third-order valence-corrected chi connectivity index (χ3v) is 13.3. The maximum atomic E-state index is 5.52. The highest BCUT2D eigenvalue weighted by Crippen LogP contribution is 2.39. The minimum Gasteiger partial charge on any atom is -0.228 e. The maximum absolute atomic E-state index is 5.52. The number of hydrogen-bond acceptors (Lipinski definition) is 2. The average molecular weight is 617 g/mol. The normalized spacial score (nSPS) is 13.1. The molecule has 1 aliphatic heterocycles. The Morgan fingerprint density at radius 2 is 0.957 bits per heavy atom. The summed E-state index contributed by atoms with van der Waals surface area (Å²) in [5.74, 6) is 0.762. The minimum absolute atomic E-state index is 0.762. The highest BCUT2D eigenvalue weighted by molar-refractivity contribution is 7.04. The lowest BCUT2D eigenvalue weighted by Gasteiger charge is -2.22. The molecule has 0 atom stereocenters. The Balaban J connectivity index is 1.30. The summed E-state index contributed by atoms with van der Waals surface area (Å²) in [7, 11) is -2.16. The molecular weight excluding hydrogens is 585 g/mol. The molecule has 0 fully saturated rings. The van der Waals surface area contributed by atoms with Gasteiger partial charge in [0.1, 0.15) is 8.07 Å². The van der Waals surface area contributed by atoms with Gasteiger partial charge in [-0.25, -0.2) is 9.97 Å². The van der Waals surface area contributed by atoms with E-state index in [1.54, 1.807) is 0 Å². The summed E-state index contributed by atoms with van der Waals surface area (Å²) < 4.78 is 0. The van der Waals surface area contributed by atoms with Crippen LogP contribution in [0.2, 0.25) is 13.1 Å². The summed E-state index contributed by atoms with van der Waals surface area (Å²) >= 11 is 0. The van der Waals surface area contributed by atoms with Gasteiger partial charge in [0.05, 0.1) is 11.4 Å². The Labute approximate surface area is 276 Å². The van der Waals surface area contributed by atoms with Crippen LogP contribution < -0.4 is 10.4 Å². The molecule has 0 N–H and O–H groups in total. The molecule has 2 heterocycles. The van der Waals surface area contributed by atoms with Crippen LogP contribution in [0.4, 0.5) is 0 Å². The van der Waals surface area contributed by atoms with Crippen LogP contribution in [-0.2, 0) is 0 Å². The van der Waals surface area contributed by atoms with E-state index < -0.39 is 8.07 Å². The molecule has 0 saturated heterocycles. The summed E-state index contributed by atoms with van der Waals surface area (Å²) in [5, 5.41) is 7.72. The van der Waals surface area contributed by atoms with Gasteiger partial charge in [-0.15, -0.1) is 0 Å². The Kier molecular flexibility index (Phi) is 6.31. The summed E-state index contributed by atoms with van der Waals surface area (Å²) in [6.45, 7) is 4.93. The number of rotatable bonds is 4. The van der Waals surface area contributed by atoms with Crippen molar-refractivity contribution in [2.75, 3.05) is 0 Å². The molecule has 1 aromatic heterocycles. The van der Waals surface area contributed by atoms with Crippen molar-refractivity contribution in [1.29, 1.82) is 0 Å². The SMILES string of the molecule is C[Si]1(C)c2ccc3ccccc3c2-c2nc(-c3cccc(-c4cccc(-c5ccccc5)c4)c3)nc(-c3cccc4ccccc34)c21. The molecule has 2 nitrogen and oxygen atoms in total. The lowest BCUT2D eigenvalue weighted by atomic mass is 9.97. The quantitative estimate of drug-likeness (QED) is 0.184. The molecule has 222 valence electrons. The van der Waals surface area contributed by atoms with Crippen LogP contribution in [0.3, 0.4) is 0 Å². The number of benzene rings is 7. The molecule has 0 radical (unpaired) electrons. The summed E-state index contributed by atoms with van der Waals surface area (Å²) in [4.78, 5) is 11.0. The maximum Gasteiger partial charge on any atom is 0.160 e. The van der Waals surface area contributed by atoms with Gasteiger partial charge < -0.3 is 0 Å². The molecule has 1 aliphatic rings. The lowest BCUT2D eigenvalue weighted by Crippen LogP contribution is -2.50. The number of nitrogens with zero attached hydrogens (tertiary/aromatic N) is 2. The zero-order valence-corrected chi connectivity index (χ0v) is 27.4. The van der Waals surface area contributed by atoms with Crippen molar-refractivity contribution in [3.8, 4) is 56.2 Å². The Morgan fingerprint density at radius 1 is 0.426 bits per heavy atom. The van der Waals surface area contributed by atoms with E-state index in [0.29, 0.717) is 0 Å². The number of hydrogen-bond donors (Lipinski definition) is 0. The standard InChI is InChI=1S/C44H32N2Si/c1-47(2)39-26-25-31-16-7-9-23-37(31)40(39)42-43(47)41(38-24-12-17-30-15-6-8-22-36(30)38)45-44(46-42)35-21-11-20-34(28-35)33-19-10-18-32(27-33)29-13-4-3-5-14-29/h3-28H,1-2H3. The molecule has 0 amide bonds. The van der Waals surface area contributed by atoms with Gasteiger partial charge in [0, 0.05) is 16.7 Å². The molecule has 3 heteroatoms. The third kappa shape index (κ3) is 4.46. The van der Waals surface area contributed by atoms with Gasteiger partial charge in [-0.1, -0.05) is 159 Å². The van der Waals surface area contributed by atoms with Gasteiger partial charge in [-0.2, -0.15) is 0 Å². The Hall–Kier alpha value is -5.64. The van der Waals surface area contributed by atoms with Crippen molar-refractivity contribution in [3.05, 3.63) is 158 Å². The van der Waals surface area contributed by atoms with E-state index in [2.05, 4.69) is 171 Å². The third-order valence-electron chi connectivity index (χ3n) is 9.84. The van der Waals surface area contributed by atoms with E-state index >= 15 is 0 Å². The van der Waals surface area contributed by atoms with Crippen LogP contribution in [0.5, 0.6) is 0 Å². The predicted octanol–water partition coefficient (Wildman–Crippen LogP) is 10.3. The topological polar surface area (TPSA) is 25.8 Å². The van der Waals surface area contributed by atoms with Crippen molar-refractivity contribution in [3.63, 3.8) is 0 Å². The van der Waals surface area contributed by atoms with Gasteiger partial charge in [0.25, 0.3) is 0 Å². The van der Waals surface area contributed by atoms with E-state index in [1.807, 2.05) is 0 Å². The van der Waals surface area contributed by atoms with Crippen LogP contribution in [0.15, 0.2) is 158 Å². The minimum atomic E-state index is -2.16. The second-order valence-electron chi connectivity index (χ2n) is 13.0. The molecule has 47 heavy (non-hydrogen) atoms. The van der Waals surface area contributed by atoms with Gasteiger partial charge in [0.15, 0.2) is 5.82 Å². The van der Waals surface area contributed by atoms with Crippen molar-refractivity contribution >= 4 is 40.0 Å². The van der Waals surface area contributed by atoms with Crippen LogP contribution in [0.25, 0.3) is 77.7 Å². The molecule has 0 aliphatic carbocycles. The summed E-state index contributed by atoms with van der Waals surface area (Å²) in [6.07, 6.45) is 0. The van der Waals surface area contributed by atoms with Crippen LogP contribution in [-0.4, -0.2) is 18.0 Å². The van der Waals surface area contributed by atoms with Crippen molar-refractivity contribution in [2.24, 2.45) is 0 Å². The van der Waals surface area contributed by atoms with Gasteiger partial charge in [-0.3, -0.25) is 0 Å². The largest absolute Gasteiger partial charge is 0.228 e. The molecule has 0 unspecified atom stereocenters.